The van der Waals surface area contributed by atoms with Crippen LogP contribution in [0.1, 0.15) is 10.4 Å². The average molecular weight is 370 g/mol. The second-order valence-electron chi connectivity index (χ2n) is 4.09. The predicted molar refractivity (Wildman–Crippen MR) is 85.2 cm³/mol. The molecule has 5 nitrogen and oxygen atoms in total. The maximum absolute atomic E-state index is 11.9. The molecule has 21 heavy (non-hydrogen) atoms. The monoisotopic (exact) mass is 368 g/mol. The number of nitrogens with one attached hydrogen (secondary N) is 2. The van der Waals surface area contributed by atoms with Gasteiger partial charge < -0.3 is 15.7 Å². The van der Waals surface area contributed by atoms with Crippen LogP contribution in [0.25, 0.3) is 0 Å². The first-order valence-electron chi connectivity index (χ1n) is 5.82. The van der Waals surface area contributed by atoms with Crippen molar-refractivity contribution in [1.29, 1.82) is 0 Å². The van der Waals surface area contributed by atoms with E-state index in [-0.39, 0.29) is 5.56 Å². The van der Waals surface area contributed by atoms with Gasteiger partial charge in [0.2, 0.25) is 0 Å². The molecule has 3 N–H and O–H groups in total. The zero-order valence-corrected chi connectivity index (χ0v) is 12.9. The lowest BCUT2D eigenvalue weighted by Crippen LogP contribution is -2.19. The van der Waals surface area contributed by atoms with Gasteiger partial charge in [0.05, 0.1) is 16.3 Å². The number of hydrogen-bond acceptors (Lipinski definition) is 2. The van der Waals surface area contributed by atoms with Crippen molar-refractivity contribution in [2.24, 2.45) is 0 Å². The zero-order valence-electron chi connectivity index (χ0n) is 10.6. The van der Waals surface area contributed by atoms with Gasteiger partial charge in [-0.25, -0.2) is 9.59 Å². The van der Waals surface area contributed by atoms with Crippen molar-refractivity contribution >= 4 is 50.9 Å². The summed E-state index contributed by atoms with van der Waals surface area (Å²) in [4.78, 5) is 22.7. The molecule has 0 aliphatic heterocycles. The number of hydrogen-bond donors (Lipinski definition) is 3. The molecule has 0 aromatic heterocycles. The smallest absolute Gasteiger partial charge is 0.335 e. The van der Waals surface area contributed by atoms with Gasteiger partial charge in [0.25, 0.3) is 0 Å². The minimum absolute atomic E-state index is 0.0910. The van der Waals surface area contributed by atoms with Crippen molar-refractivity contribution in [1.82, 2.24) is 0 Å². The molecule has 2 aromatic rings. The van der Waals surface area contributed by atoms with E-state index in [0.29, 0.717) is 16.4 Å². The molecule has 2 aromatic carbocycles. The Bertz CT molecular complexity index is 706. The SMILES string of the molecule is O=C(Nc1cccc(C(=O)O)c1)Nc1cc(Br)ccc1Cl. The van der Waals surface area contributed by atoms with Crippen molar-refractivity contribution in [2.45, 2.75) is 0 Å². The van der Waals surface area contributed by atoms with E-state index in [4.69, 9.17) is 16.7 Å². The molecular formula is C14H10BrClN2O3. The summed E-state index contributed by atoms with van der Waals surface area (Å²) < 4.78 is 0.773. The Kier molecular flexibility index (Phi) is 4.82. The molecule has 0 heterocycles. The van der Waals surface area contributed by atoms with Gasteiger partial charge in [-0.1, -0.05) is 33.6 Å². The van der Waals surface area contributed by atoms with Gasteiger partial charge in [-0.3, -0.25) is 0 Å². The number of benzene rings is 2. The van der Waals surface area contributed by atoms with Gasteiger partial charge in [-0.15, -0.1) is 0 Å². The lowest BCUT2D eigenvalue weighted by molar-refractivity contribution is 0.0697. The summed E-state index contributed by atoms with van der Waals surface area (Å²) in [6, 6.07) is 10.5. The number of carboxylic acids is 1. The van der Waals surface area contributed by atoms with Crippen molar-refractivity contribution in [3.05, 3.63) is 57.5 Å². The van der Waals surface area contributed by atoms with Crippen molar-refractivity contribution in [3.63, 3.8) is 0 Å². The van der Waals surface area contributed by atoms with Crippen LogP contribution < -0.4 is 10.6 Å². The van der Waals surface area contributed by atoms with Crippen molar-refractivity contribution in [2.75, 3.05) is 10.6 Å². The summed E-state index contributed by atoms with van der Waals surface area (Å²) in [5.74, 6) is -1.06. The summed E-state index contributed by atoms with van der Waals surface area (Å²) in [5.41, 5.74) is 0.907. The lowest BCUT2D eigenvalue weighted by atomic mass is 10.2. The molecule has 2 rings (SSSR count). The predicted octanol–water partition coefficient (Wildman–Crippen LogP) is 4.44. The maximum atomic E-state index is 11.9. The van der Waals surface area contributed by atoms with E-state index >= 15 is 0 Å². The Hall–Kier alpha value is -2.05. The van der Waals surface area contributed by atoms with Crippen LogP contribution >= 0.6 is 27.5 Å². The highest BCUT2D eigenvalue weighted by Crippen LogP contribution is 2.25. The Morgan fingerprint density at radius 2 is 1.86 bits per heavy atom. The molecule has 0 aliphatic rings. The molecule has 0 saturated heterocycles. The van der Waals surface area contributed by atoms with Gasteiger partial charge in [0.1, 0.15) is 0 Å². The zero-order chi connectivity index (χ0) is 15.4. The fourth-order valence-electron chi connectivity index (χ4n) is 1.61. The van der Waals surface area contributed by atoms with Gasteiger partial charge >= 0.3 is 12.0 Å². The molecule has 0 spiro atoms. The van der Waals surface area contributed by atoms with E-state index in [1.807, 2.05) is 0 Å². The standard InChI is InChI=1S/C14H10BrClN2O3/c15-9-4-5-11(16)12(7-9)18-14(21)17-10-3-1-2-8(6-10)13(19)20/h1-7H,(H,19,20)(H2,17,18,21). The summed E-state index contributed by atoms with van der Waals surface area (Å²) >= 11 is 9.25. The average Bonchev–Trinajstić information content (AvgIpc) is 2.43. The van der Waals surface area contributed by atoms with Crippen molar-refractivity contribution in [3.8, 4) is 0 Å². The molecule has 0 bridgehead atoms. The third-order valence-electron chi connectivity index (χ3n) is 2.54. The Balaban J connectivity index is 2.10. The number of rotatable bonds is 3. The van der Waals surface area contributed by atoms with Crippen LogP contribution in [0.2, 0.25) is 5.02 Å². The fraction of sp³-hybridized carbons (Fsp3) is 0. The Morgan fingerprint density at radius 1 is 1.10 bits per heavy atom. The molecule has 7 heteroatoms. The normalized spacial score (nSPS) is 10.0. The highest BCUT2D eigenvalue weighted by molar-refractivity contribution is 9.10. The number of amides is 2. The topological polar surface area (TPSA) is 78.4 Å². The van der Waals surface area contributed by atoms with E-state index < -0.39 is 12.0 Å². The molecule has 0 unspecified atom stereocenters. The van der Waals surface area contributed by atoms with Gasteiger partial charge in [0, 0.05) is 10.2 Å². The van der Waals surface area contributed by atoms with Crippen LogP contribution in [0.15, 0.2) is 46.9 Å². The van der Waals surface area contributed by atoms with Crippen LogP contribution in [0.3, 0.4) is 0 Å². The molecule has 108 valence electrons. The van der Waals surface area contributed by atoms with Crippen LogP contribution in [0.5, 0.6) is 0 Å². The number of anilines is 2. The molecule has 0 radical (unpaired) electrons. The molecule has 0 saturated carbocycles. The fourth-order valence-corrected chi connectivity index (χ4v) is 2.13. The van der Waals surface area contributed by atoms with Crippen LogP contribution in [0, 0.1) is 0 Å². The highest BCUT2D eigenvalue weighted by atomic mass is 79.9. The van der Waals surface area contributed by atoms with Gasteiger partial charge in [-0.2, -0.15) is 0 Å². The summed E-state index contributed by atoms with van der Waals surface area (Å²) in [6.07, 6.45) is 0. The van der Waals surface area contributed by atoms with E-state index in [9.17, 15) is 9.59 Å². The van der Waals surface area contributed by atoms with E-state index in [0.717, 1.165) is 4.47 Å². The third-order valence-corrected chi connectivity index (χ3v) is 3.37. The van der Waals surface area contributed by atoms with E-state index in [2.05, 4.69) is 26.6 Å². The minimum atomic E-state index is -1.06. The first-order valence-corrected chi connectivity index (χ1v) is 6.99. The summed E-state index contributed by atoms with van der Waals surface area (Å²) in [7, 11) is 0. The quantitative estimate of drug-likeness (QED) is 0.748. The van der Waals surface area contributed by atoms with Gasteiger partial charge in [0.15, 0.2) is 0 Å². The first kappa shape index (κ1) is 15.3. The summed E-state index contributed by atoms with van der Waals surface area (Å²) in [6.45, 7) is 0. The second kappa shape index (κ2) is 6.60. The van der Waals surface area contributed by atoms with Gasteiger partial charge in [-0.05, 0) is 36.4 Å². The highest BCUT2D eigenvalue weighted by Gasteiger charge is 2.08. The van der Waals surface area contributed by atoms with Crippen molar-refractivity contribution < 1.29 is 14.7 Å². The Morgan fingerprint density at radius 3 is 2.57 bits per heavy atom. The molecule has 0 aliphatic carbocycles. The van der Waals surface area contributed by atoms with Crippen LogP contribution in [-0.4, -0.2) is 17.1 Å². The third kappa shape index (κ3) is 4.21. The van der Waals surface area contributed by atoms with Crippen LogP contribution in [-0.2, 0) is 0 Å². The summed E-state index contributed by atoms with van der Waals surface area (Å²) in [5, 5.41) is 14.4. The second-order valence-corrected chi connectivity index (χ2v) is 5.41. The van der Waals surface area contributed by atoms with Crippen LogP contribution in [0.4, 0.5) is 16.2 Å². The first-order chi connectivity index (χ1) is 9.95. The number of carbonyl (C=O) groups is 2. The number of aromatic carboxylic acids is 1. The number of halogens is 2. The minimum Gasteiger partial charge on any atom is -0.478 e. The largest absolute Gasteiger partial charge is 0.478 e. The Labute approximate surface area is 134 Å². The molecule has 2 amide bonds. The molecule has 0 atom stereocenters. The number of urea groups is 1. The number of carbonyl (C=O) groups excluding carboxylic acids is 1. The molecule has 0 fully saturated rings. The lowest BCUT2D eigenvalue weighted by Gasteiger charge is -2.09. The van der Waals surface area contributed by atoms with E-state index in [1.54, 1.807) is 30.3 Å². The molecular weight excluding hydrogens is 360 g/mol. The van der Waals surface area contributed by atoms with E-state index in [1.165, 1.54) is 12.1 Å². The number of carboxylic acid groups (broad SMARTS) is 1. The maximum Gasteiger partial charge on any atom is 0.335 e.